The summed E-state index contributed by atoms with van der Waals surface area (Å²) in [6.45, 7) is 4.29. The fraction of sp³-hybridized carbons (Fsp3) is 0.217. The van der Waals surface area contributed by atoms with Crippen LogP contribution in [0.3, 0.4) is 0 Å². The Kier molecular flexibility index (Phi) is 6.47. The third kappa shape index (κ3) is 3.80. The highest BCUT2D eigenvalue weighted by Gasteiger charge is 2.21. The first kappa shape index (κ1) is 20.1. The van der Waals surface area contributed by atoms with E-state index in [1.54, 1.807) is 21.3 Å². The van der Waals surface area contributed by atoms with Crippen LogP contribution in [0, 0.1) is 0 Å². The lowest BCUT2D eigenvalue weighted by Gasteiger charge is -2.19. The van der Waals surface area contributed by atoms with E-state index in [4.69, 9.17) is 18.9 Å². The number of ether oxygens (including phenoxy) is 4. The van der Waals surface area contributed by atoms with E-state index in [0.29, 0.717) is 13.0 Å². The van der Waals surface area contributed by atoms with E-state index in [2.05, 4.69) is 22.5 Å². The van der Waals surface area contributed by atoms with Gasteiger partial charge in [-0.3, -0.25) is 0 Å². The molecule has 0 spiro atoms. The average Bonchev–Trinajstić information content (AvgIpc) is 2.73. The summed E-state index contributed by atoms with van der Waals surface area (Å²) in [5.41, 5.74) is 2.02. The van der Waals surface area contributed by atoms with Crippen molar-refractivity contribution in [2.24, 2.45) is 0 Å². The van der Waals surface area contributed by atoms with Crippen LogP contribution in [0.15, 0.2) is 59.6 Å². The monoisotopic (exact) mass is 442 g/mol. The number of fused-ring (bicyclic) bond motifs is 1. The maximum Gasteiger partial charge on any atom is 0.141 e. The van der Waals surface area contributed by atoms with Gasteiger partial charge in [-0.15, -0.1) is 6.58 Å². The summed E-state index contributed by atoms with van der Waals surface area (Å²) in [7, 11) is 4.98. The van der Waals surface area contributed by atoms with Crippen molar-refractivity contribution in [3.05, 3.63) is 70.7 Å². The average molecular weight is 443 g/mol. The van der Waals surface area contributed by atoms with Crippen LogP contribution in [-0.4, -0.2) is 21.3 Å². The molecule has 0 unspecified atom stereocenters. The van der Waals surface area contributed by atoms with Gasteiger partial charge in [-0.25, -0.2) is 0 Å². The Morgan fingerprint density at radius 1 is 0.929 bits per heavy atom. The predicted molar refractivity (Wildman–Crippen MR) is 116 cm³/mol. The lowest BCUT2D eigenvalue weighted by atomic mass is 10.0. The van der Waals surface area contributed by atoms with E-state index in [1.807, 2.05) is 48.5 Å². The fourth-order valence-corrected chi connectivity index (χ4v) is 3.93. The second kappa shape index (κ2) is 9.02. The van der Waals surface area contributed by atoms with Crippen molar-refractivity contribution in [2.75, 3.05) is 21.3 Å². The molecule has 3 rings (SSSR count). The van der Waals surface area contributed by atoms with Gasteiger partial charge in [-0.05, 0) is 46.1 Å². The number of halogens is 1. The number of rotatable bonds is 8. The Hall–Kier alpha value is -2.66. The summed E-state index contributed by atoms with van der Waals surface area (Å²) < 4.78 is 23.7. The normalized spacial score (nSPS) is 10.6. The number of hydrogen-bond acceptors (Lipinski definition) is 4. The predicted octanol–water partition coefficient (Wildman–Crippen LogP) is 5.94. The SMILES string of the molecule is C=CCc1c(Br)c(OC)c2cccc(OCc3ccc(OC)cc3)c2c1OC. The summed E-state index contributed by atoms with van der Waals surface area (Å²) in [4.78, 5) is 0. The molecule has 5 heteroatoms. The third-order valence-electron chi connectivity index (χ3n) is 4.55. The lowest BCUT2D eigenvalue weighted by molar-refractivity contribution is 0.308. The van der Waals surface area contributed by atoms with Crippen molar-refractivity contribution >= 4 is 26.7 Å². The zero-order valence-electron chi connectivity index (χ0n) is 16.3. The molecule has 0 bridgehead atoms. The van der Waals surface area contributed by atoms with Gasteiger partial charge in [0.05, 0.1) is 31.2 Å². The van der Waals surface area contributed by atoms with Gasteiger partial charge in [-0.2, -0.15) is 0 Å². The summed E-state index contributed by atoms with van der Waals surface area (Å²) in [5, 5.41) is 1.81. The minimum Gasteiger partial charge on any atom is -0.497 e. The Morgan fingerprint density at radius 2 is 1.64 bits per heavy atom. The molecule has 0 aromatic heterocycles. The summed E-state index contributed by atoms with van der Waals surface area (Å²) in [6, 6.07) is 13.7. The Bertz CT molecular complexity index is 980. The standard InChI is InChI=1S/C23H23BrO4/c1-5-7-18-21(24)23(27-4)17-8-6-9-19(20(17)22(18)26-3)28-14-15-10-12-16(25-2)13-11-15/h5-6,8-13H,1,7,14H2,2-4H3. The van der Waals surface area contributed by atoms with Gasteiger partial charge < -0.3 is 18.9 Å². The molecular formula is C23H23BrO4. The first-order valence-electron chi connectivity index (χ1n) is 8.86. The van der Waals surface area contributed by atoms with Crippen LogP contribution in [0.2, 0.25) is 0 Å². The Morgan fingerprint density at radius 3 is 2.25 bits per heavy atom. The highest BCUT2D eigenvalue weighted by Crippen LogP contribution is 2.47. The summed E-state index contributed by atoms with van der Waals surface area (Å²) >= 11 is 3.66. The van der Waals surface area contributed by atoms with Crippen LogP contribution in [0.4, 0.5) is 0 Å². The van der Waals surface area contributed by atoms with Crippen LogP contribution in [0.1, 0.15) is 11.1 Å². The molecule has 0 saturated heterocycles. The Balaban J connectivity index is 2.08. The van der Waals surface area contributed by atoms with E-state index < -0.39 is 0 Å². The molecule has 146 valence electrons. The molecule has 0 aliphatic heterocycles. The molecule has 0 fully saturated rings. The van der Waals surface area contributed by atoms with Crippen LogP contribution < -0.4 is 18.9 Å². The van der Waals surface area contributed by atoms with Gasteiger partial charge in [0.1, 0.15) is 29.6 Å². The topological polar surface area (TPSA) is 36.9 Å². The van der Waals surface area contributed by atoms with Crippen molar-refractivity contribution in [3.8, 4) is 23.0 Å². The van der Waals surface area contributed by atoms with Gasteiger partial charge in [0.15, 0.2) is 0 Å². The molecule has 0 N–H and O–H groups in total. The Labute approximate surface area is 173 Å². The van der Waals surface area contributed by atoms with Crippen molar-refractivity contribution < 1.29 is 18.9 Å². The van der Waals surface area contributed by atoms with Crippen LogP contribution >= 0.6 is 15.9 Å². The lowest BCUT2D eigenvalue weighted by Crippen LogP contribution is -2.01. The highest BCUT2D eigenvalue weighted by atomic mass is 79.9. The molecule has 0 radical (unpaired) electrons. The molecule has 0 amide bonds. The van der Waals surface area contributed by atoms with Crippen LogP contribution in [-0.2, 0) is 13.0 Å². The molecule has 0 saturated carbocycles. The molecule has 4 nitrogen and oxygen atoms in total. The van der Waals surface area contributed by atoms with Crippen molar-refractivity contribution in [2.45, 2.75) is 13.0 Å². The van der Waals surface area contributed by atoms with Gasteiger partial charge in [0, 0.05) is 10.9 Å². The number of allylic oxidation sites excluding steroid dienone is 1. The minimum atomic E-state index is 0.432. The smallest absolute Gasteiger partial charge is 0.141 e. The first-order chi connectivity index (χ1) is 13.6. The maximum absolute atomic E-state index is 6.18. The number of benzene rings is 3. The van der Waals surface area contributed by atoms with E-state index in [9.17, 15) is 0 Å². The second-order valence-corrected chi connectivity index (χ2v) is 6.96. The first-order valence-corrected chi connectivity index (χ1v) is 9.65. The van der Waals surface area contributed by atoms with Crippen LogP contribution in [0.25, 0.3) is 10.8 Å². The van der Waals surface area contributed by atoms with E-state index in [1.165, 1.54) is 0 Å². The maximum atomic E-state index is 6.18. The molecule has 28 heavy (non-hydrogen) atoms. The molecule has 0 aliphatic rings. The van der Waals surface area contributed by atoms with Gasteiger partial charge in [0.25, 0.3) is 0 Å². The van der Waals surface area contributed by atoms with Gasteiger partial charge >= 0.3 is 0 Å². The molecule has 3 aromatic carbocycles. The molecule has 0 aliphatic carbocycles. The number of hydrogen-bond donors (Lipinski definition) is 0. The summed E-state index contributed by atoms with van der Waals surface area (Å²) in [5.74, 6) is 3.07. The minimum absolute atomic E-state index is 0.432. The van der Waals surface area contributed by atoms with Crippen LogP contribution in [0.5, 0.6) is 23.0 Å². The molecule has 0 atom stereocenters. The molecular weight excluding hydrogens is 420 g/mol. The van der Waals surface area contributed by atoms with Crippen molar-refractivity contribution in [1.82, 2.24) is 0 Å². The zero-order valence-corrected chi connectivity index (χ0v) is 17.8. The third-order valence-corrected chi connectivity index (χ3v) is 5.39. The number of methoxy groups -OCH3 is 3. The summed E-state index contributed by atoms with van der Waals surface area (Å²) in [6.07, 6.45) is 2.48. The largest absolute Gasteiger partial charge is 0.497 e. The molecule has 3 aromatic rings. The van der Waals surface area contributed by atoms with Gasteiger partial charge in [-0.1, -0.05) is 30.3 Å². The zero-order chi connectivity index (χ0) is 20.1. The quantitative estimate of drug-likeness (QED) is 0.404. The van der Waals surface area contributed by atoms with Gasteiger partial charge in [0.2, 0.25) is 0 Å². The highest BCUT2D eigenvalue weighted by molar-refractivity contribution is 9.10. The van der Waals surface area contributed by atoms with Crippen molar-refractivity contribution in [3.63, 3.8) is 0 Å². The van der Waals surface area contributed by atoms with E-state index in [-0.39, 0.29) is 0 Å². The fourth-order valence-electron chi connectivity index (χ4n) is 3.21. The molecule has 0 heterocycles. The van der Waals surface area contributed by atoms with E-state index >= 15 is 0 Å². The second-order valence-electron chi connectivity index (χ2n) is 6.17. The van der Waals surface area contributed by atoms with Crippen molar-refractivity contribution in [1.29, 1.82) is 0 Å². The van der Waals surface area contributed by atoms with E-state index in [0.717, 1.165) is 49.4 Å².